The van der Waals surface area contributed by atoms with Crippen LogP contribution in [0.3, 0.4) is 0 Å². The Morgan fingerprint density at radius 1 is 1.00 bits per heavy atom. The third kappa shape index (κ3) is 6.66. The van der Waals surface area contributed by atoms with Crippen LogP contribution in [0.1, 0.15) is 43.1 Å². The molecule has 0 unspecified atom stereocenters. The summed E-state index contributed by atoms with van der Waals surface area (Å²) in [5, 5.41) is 5.14. The standard InChI is InChI=1S/C29H31N3O4S2/c1-4-18-36-25-14-10-23(11-15-25)27-20-37-29(30-27)31-28(33)24-12-16-26(17-13-24)38(34,35)32(21(2)3)19-22-8-6-5-7-9-22/h5-17,20-21H,4,18-19H2,1-3H3,(H,30,31,33). The van der Waals surface area contributed by atoms with E-state index < -0.39 is 10.0 Å². The summed E-state index contributed by atoms with van der Waals surface area (Å²) in [6.45, 7) is 6.69. The van der Waals surface area contributed by atoms with Gasteiger partial charge in [-0.25, -0.2) is 13.4 Å². The van der Waals surface area contributed by atoms with E-state index in [-0.39, 0.29) is 23.4 Å². The predicted octanol–water partition coefficient (Wildman–Crippen LogP) is 6.45. The lowest BCUT2D eigenvalue weighted by Gasteiger charge is -2.26. The third-order valence-corrected chi connectivity index (χ3v) is 8.62. The first kappa shape index (κ1) is 27.5. The van der Waals surface area contributed by atoms with Crippen LogP contribution in [0.25, 0.3) is 11.3 Å². The van der Waals surface area contributed by atoms with E-state index in [9.17, 15) is 13.2 Å². The topological polar surface area (TPSA) is 88.6 Å². The van der Waals surface area contributed by atoms with Gasteiger partial charge in [0.15, 0.2) is 5.13 Å². The summed E-state index contributed by atoms with van der Waals surface area (Å²) in [6.07, 6.45) is 0.945. The van der Waals surface area contributed by atoms with Crippen molar-refractivity contribution in [2.24, 2.45) is 0 Å². The van der Waals surface area contributed by atoms with Gasteiger partial charge >= 0.3 is 0 Å². The molecule has 0 spiro atoms. The number of nitrogens with one attached hydrogen (secondary N) is 1. The normalized spacial score (nSPS) is 11.6. The van der Waals surface area contributed by atoms with Gasteiger partial charge in [-0.1, -0.05) is 37.3 Å². The molecule has 0 saturated carbocycles. The van der Waals surface area contributed by atoms with Crippen molar-refractivity contribution < 1.29 is 17.9 Å². The number of anilines is 1. The molecule has 0 radical (unpaired) electrons. The van der Waals surface area contributed by atoms with Crippen molar-refractivity contribution >= 4 is 32.4 Å². The van der Waals surface area contributed by atoms with E-state index in [4.69, 9.17) is 4.74 Å². The lowest BCUT2D eigenvalue weighted by Crippen LogP contribution is -2.36. The highest BCUT2D eigenvalue weighted by atomic mass is 32.2. The Hall–Kier alpha value is -3.53. The SMILES string of the molecule is CCCOc1ccc(-c2csc(NC(=O)c3ccc(S(=O)(=O)N(Cc4ccccc4)C(C)C)cc3)n2)cc1. The number of carbonyl (C=O) groups is 1. The fraction of sp³-hybridized carbons (Fsp3) is 0.241. The second kappa shape index (κ2) is 12.3. The molecule has 9 heteroatoms. The largest absolute Gasteiger partial charge is 0.494 e. The second-order valence-corrected chi connectivity index (χ2v) is 11.8. The number of hydrogen-bond acceptors (Lipinski definition) is 6. The smallest absolute Gasteiger partial charge is 0.257 e. The second-order valence-electron chi connectivity index (χ2n) is 9.02. The summed E-state index contributed by atoms with van der Waals surface area (Å²) >= 11 is 1.32. The van der Waals surface area contributed by atoms with E-state index in [1.807, 2.05) is 73.8 Å². The molecule has 7 nitrogen and oxygen atoms in total. The van der Waals surface area contributed by atoms with Crippen molar-refractivity contribution in [1.29, 1.82) is 0 Å². The Labute approximate surface area is 228 Å². The van der Waals surface area contributed by atoms with Crippen molar-refractivity contribution in [2.45, 2.75) is 44.7 Å². The lowest BCUT2D eigenvalue weighted by molar-refractivity contribution is 0.102. The van der Waals surface area contributed by atoms with Gasteiger partial charge in [0.05, 0.1) is 17.2 Å². The Balaban J connectivity index is 1.43. The molecular weight excluding hydrogens is 518 g/mol. The maximum Gasteiger partial charge on any atom is 0.257 e. The summed E-state index contributed by atoms with van der Waals surface area (Å²) in [5.74, 6) is 0.449. The summed E-state index contributed by atoms with van der Waals surface area (Å²) in [4.78, 5) is 17.5. The minimum absolute atomic E-state index is 0.140. The molecule has 4 aromatic rings. The number of carbonyl (C=O) groups excluding carboxylic acids is 1. The minimum atomic E-state index is -3.75. The van der Waals surface area contributed by atoms with Gasteiger partial charge in [-0.15, -0.1) is 11.3 Å². The average Bonchev–Trinajstić information content (AvgIpc) is 3.39. The zero-order valence-corrected chi connectivity index (χ0v) is 23.3. The number of hydrogen-bond donors (Lipinski definition) is 1. The van der Waals surface area contributed by atoms with Gasteiger partial charge < -0.3 is 4.74 Å². The van der Waals surface area contributed by atoms with Crippen molar-refractivity contribution in [3.63, 3.8) is 0 Å². The quantitative estimate of drug-likeness (QED) is 0.232. The first-order valence-electron chi connectivity index (χ1n) is 12.4. The molecule has 0 atom stereocenters. The maximum absolute atomic E-state index is 13.4. The molecule has 198 valence electrons. The molecule has 0 aliphatic rings. The zero-order chi connectivity index (χ0) is 27.1. The van der Waals surface area contributed by atoms with Crippen LogP contribution in [-0.4, -0.2) is 36.3 Å². The van der Waals surface area contributed by atoms with E-state index in [2.05, 4.69) is 17.2 Å². The molecule has 1 heterocycles. The van der Waals surface area contributed by atoms with Crippen LogP contribution in [0.5, 0.6) is 5.75 Å². The van der Waals surface area contributed by atoms with Gasteiger partial charge in [-0.3, -0.25) is 10.1 Å². The van der Waals surface area contributed by atoms with Gasteiger partial charge in [0, 0.05) is 29.1 Å². The molecule has 0 aliphatic carbocycles. The van der Waals surface area contributed by atoms with Gasteiger partial charge in [-0.05, 0) is 74.4 Å². The van der Waals surface area contributed by atoms with Crippen LogP contribution in [0, 0.1) is 0 Å². The van der Waals surface area contributed by atoms with E-state index >= 15 is 0 Å². The lowest BCUT2D eigenvalue weighted by atomic mass is 10.2. The number of ether oxygens (including phenoxy) is 1. The third-order valence-electron chi connectivity index (χ3n) is 5.83. The van der Waals surface area contributed by atoms with E-state index in [0.29, 0.717) is 17.3 Å². The zero-order valence-electron chi connectivity index (χ0n) is 21.6. The molecule has 0 aliphatic heterocycles. The molecule has 3 aromatic carbocycles. The van der Waals surface area contributed by atoms with Crippen LogP contribution in [0.4, 0.5) is 5.13 Å². The number of benzene rings is 3. The summed E-state index contributed by atoms with van der Waals surface area (Å²) < 4.78 is 33.8. The first-order valence-corrected chi connectivity index (χ1v) is 14.8. The Bertz CT molecular complexity index is 1450. The Kier molecular flexibility index (Phi) is 8.93. The number of rotatable bonds is 11. The van der Waals surface area contributed by atoms with Crippen molar-refractivity contribution in [2.75, 3.05) is 11.9 Å². The van der Waals surface area contributed by atoms with Gasteiger partial charge in [0.1, 0.15) is 5.75 Å². The molecule has 38 heavy (non-hydrogen) atoms. The number of thiazole rings is 1. The summed E-state index contributed by atoms with van der Waals surface area (Å²) in [5.41, 5.74) is 2.92. The van der Waals surface area contributed by atoms with Gasteiger partial charge in [-0.2, -0.15) is 4.31 Å². The highest BCUT2D eigenvalue weighted by Gasteiger charge is 2.27. The van der Waals surface area contributed by atoms with Crippen LogP contribution in [-0.2, 0) is 16.6 Å². The highest BCUT2D eigenvalue weighted by molar-refractivity contribution is 7.89. The molecule has 0 bridgehead atoms. The monoisotopic (exact) mass is 549 g/mol. The summed E-state index contributed by atoms with van der Waals surface area (Å²) in [6, 6.07) is 22.9. The number of aromatic nitrogens is 1. The maximum atomic E-state index is 13.4. The molecular formula is C29H31N3O4S2. The first-order chi connectivity index (χ1) is 18.3. The Morgan fingerprint density at radius 2 is 1.68 bits per heavy atom. The predicted molar refractivity (Wildman–Crippen MR) is 152 cm³/mol. The van der Waals surface area contributed by atoms with Crippen LogP contribution >= 0.6 is 11.3 Å². The molecule has 0 fully saturated rings. The number of sulfonamides is 1. The summed E-state index contributed by atoms with van der Waals surface area (Å²) in [7, 11) is -3.75. The molecule has 0 saturated heterocycles. The molecule has 1 amide bonds. The van der Waals surface area contributed by atoms with Crippen molar-refractivity contribution in [3.8, 4) is 17.0 Å². The molecule has 1 N–H and O–H groups in total. The van der Waals surface area contributed by atoms with Crippen LogP contribution in [0.2, 0.25) is 0 Å². The van der Waals surface area contributed by atoms with Crippen molar-refractivity contribution in [1.82, 2.24) is 9.29 Å². The molecule has 1 aromatic heterocycles. The van der Waals surface area contributed by atoms with Crippen LogP contribution < -0.4 is 10.1 Å². The minimum Gasteiger partial charge on any atom is -0.494 e. The van der Waals surface area contributed by atoms with E-state index in [1.54, 1.807) is 0 Å². The van der Waals surface area contributed by atoms with E-state index in [1.165, 1.54) is 39.9 Å². The van der Waals surface area contributed by atoms with Gasteiger partial charge in [0.25, 0.3) is 5.91 Å². The van der Waals surface area contributed by atoms with Crippen LogP contribution in [0.15, 0.2) is 89.1 Å². The number of amides is 1. The average molecular weight is 550 g/mol. The molecule has 4 rings (SSSR count). The Morgan fingerprint density at radius 3 is 2.32 bits per heavy atom. The number of nitrogens with zero attached hydrogens (tertiary/aromatic N) is 2. The highest BCUT2D eigenvalue weighted by Crippen LogP contribution is 2.27. The fourth-order valence-corrected chi connectivity index (χ4v) is 6.14. The van der Waals surface area contributed by atoms with Gasteiger partial charge in [0.2, 0.25) is 10.0 Å². The van der Waals surface area contributed by atoms with E-state index in [0.717, 1.165) is 29.0 Å². The van der Waals surface area contributed by atoms with Crippen molar-refractivity contribution in [3.05, 3.63) is 95.4 Å². The fourth-order valence-electron chi connectivity index (χ4n) is 3.80.